The molecule has 0 aliphatic carbocycles. The fourth-order valence-corrected chi connectivity index (χ4v) is 3.63. The SMILES string of the molecule is COc1ccccc1CNc1cc(Nc2ccc(N3CCOCC3)cc2)ncc1C(N)=O. The minimum absolute atomic E-state index is 0.327. The standard InChI is InChI=1S/C24H27N5O3/c1-31-22-5-3-2-4-17(22)15-26-21-14-23(27-16-20(21)24(25)30)28-18-6-8-19(9-7-18)29-10-12-32-13-11-29/h2-9,14,16H,10-13,15H2,1H3,(H2,25,30)(H2,26,27,28). The molecule has 0 spiro atoms. The normalized spacial score (nSPS) is 13.5. The fourth-order valence-electron chi connectivity index (χ4n) is 3.63. The van der Waals surface area contributed by atoms with Crippen LogP contribution in [0.15, 0.2) is 60.8 Å². The molecule has 4 rings (SSSR count). The number of ether oxygens (including phenoxy) is 2. The summed E-state index contributed by atoms with van der Waals surface area (Å²) in [5.41, 5.74) is 9.51. The lowest BCUT2D eigenvalue weighted by Crippen LogP contribution is -2.36. The topological polar surface area (TPSA) is 102 Å². The number of amides is 1. The van der Waals surface area contributed by atoms with Gasteiger partial charge in [-0.2, -0.15) is 0 Å². The molecule has 0 atom stereocenters. The zero-order valence-electron chi connectivity index (χ0n) is 18.0. The summed E-state index contributed by atoms with van der Waals surface area (Å²) in [6.45, 7) is 3.76. The van der Waals surface area contributed by atoms with Gasteiger partial charge in [-0.15, -0.1) is 0 Å². The summed E-state index contributed by atoms with van der Waals surface area (Å²) in [6, 6.07) is 17.7. The summed E-state index contributed by atoms with van der Waals surface area (Å²) in [7, 11) is 1.63. The van der Waals surface area contributed by atoms with E-state index in [1.807, 2.05) is 36.4 Å². The number of para-hydroxylation sites is 1. The Morgan fingerprint density at radius 2 is 1.91 bits per heavy atom. The molecule has 8 heteroatoms. The van der Waals surface area contributed by atoms with Gasteiger partial charge < -0.3 is 30.7 Å². The number of aromatic nitrogens is 1. The molecule has 0 bridgehead atoms. The molecule has 0 saturated carbocycles. The van der Waals surface area contributed by atoms with Crippen molar-refractivity contribution in [3.05, 3.63) is 71.9 Å². The van der Waals surface area contributed by atoms with E-state index in [0.29, 0.717) is 23.6 Å². The van der Waals surface area contributed by atoms with Gasteiger partial charge in [0.05, 0.1) is 31.6 Å². The average molecular weight is 434 g/mol. The molecule has 2 aromatic carbocycles. The highest BCUT2D eigenvalue weighted by atomic mass is 16.5. The number of carbonyl (C=O) groups is 1. The lowest BCUT2D eigenvalue weighted by Gasteiger charge is -2.28. The molecule has 4 N–H and O–H groups in total. The second-order valence-electron chi connectivity index (χ2n) is 7.42. The number of hydrogen-bond donors (Lipinski definition) is 3. The van der Waals surface area contributed by atoms with Crippen LogP contribution < -0.4 is 26.0 Å². The largest absolute Gasteiger partial charge is 0.496 e. The number of nitrogens with zero attached hydrogens (tertiary/aromatic N) is 2. The van der Waals surface area contributed by atoms with Gasteiger partial charge in [0.2, 0.25) is 0 Å². The third kappa shape index (κ3) is 5.09. The highest BCUT2D eigenvalue weighted by Crippen LogP contribution is 2.25. The van der Waals surface area contributed by atoms with Gasteiger partial charge in [-0.1, -0.05) is 18.2 Å². The smallest absolute Gasteiger partial charge is 0.252 e. The van der Waals surface area contributed by atoms with Crippen molar-refractivity contribution in [2.75, 3.05) is 48.9 Å². The van der Waals surface area contributed by atoms with E-state index in [1.165, 1.54) is 6.20 Å². The van der Waals surface area contributed by atoms with E-state index in [4.69, 9.17) is 15.2 Å². The van der Waals surface area contributed by atoms with E-state index in [-0.39, 0.29) is 0 Å². The third-order valence-corrected chi connectivity index (χ3v) is 5.35. The minimum atomic E-state index is -0.540. The predicted octanol–water partition coefficient (Wildman–Crippen LogP) is 3.38. The summed E-state index contributed by atoms with van der Waals surface area (Å²) in [4.78, 5) is 18.5. The van der Waals surface area contributed by atoms with Gasteiger partial charge >= 0.3 is 0 Å². The molecule has 0 unspecified atom stereocenters. The number of methoxy groups -OCH3 is 1. The second kappa shape index (κ2) is 10.0. The van der Waals surface area contributed by atoms with Crippen molar-refractivity contribution < 1.29 is 14.3 Å². The Morgan fingerprint density at radius 3 is 2.62 bits per heavy atom. The molecule has 1 aliphatic heterocycles. The fraction of sp³-hybridized carbons (Fsp3) is 0.250. The van der Waals surface area contributed by atoms with Crippen LogP contribution in [0.2, 0.25) is 0 Å². The van der Waals surface area contributed by atoms with E-state index in [0.717, 1.165) is 49.0 Å². The van der Waals surface area contributed by atoms with Crippen molar-refractivity contribution in [3.63, 3.8) is 0 Å². The number of nitrogens with two attached hydrogens (primary N) is 1. The lowest BCUT2D eigenvalue weighted by atomic mass is 10.1. The van der Waals surface area contributed by atoms with Crippen LogP contribution in [-0.2, 0) is 11.3 Å². The Morgan fingerprint density at radius 1 is 1.16 bits per heavy atom. The maximum absolute atomic E-state index is 11.9. The predicted molar refractivity (Wildman–Crippen MR) is 126 cm³/mol. The highest BCUT2D eigenvalue weighted by molar-refractivity contribution is 5.98. The molecule has 1 aromatic heterocycles. The van der Waals surface area contributed by atoms with Gasteiger partial charge in [-0.05, 0) is 30.3 Å². The molecule has 166 valence electrons. The number of anilines is 4. The van der Waals surface area contributed by atoms with Crippen LogP contribution in [0, 0.1) is 0 Å². The average Bonchev–Trinajstić information content (AvgIpc) is 2.84. The third-order valence-electron chi connectivity index (χ3n) is 5.35. The number of nitrogens with one attached hydrogen (secondary N) is 2. The van der Waals surface area contributed by atoms with E-state index in [2.05, 4.69) is 32.7 Å². The van der Waals surface area contributed by atoms with Crippen LogP contribution in [0.1, 0.15) is 15.9 Å². The molecule has 3 aromatic rings. The van der Waals surface area contributed by atoms with Crippen molar-refractivity contribution in [3.8, 4) is 5.75 Å². The van der Waals surface area contributed by atoms with Crippen molar-refractivity contribution >= 4 is 28.8 Å². The first-order valence-electron chi connectivity index (χ1n) is 10.5. The molecule has 32 heavy (non-hydrogen) atoms. The van der Waals surface area contributed by atoms with E-state index >= 15 is 0 Å². The Labute approximate surface area is 187 Å². The van der Waals surface area contributed by atoms with Gasteiger partial charge in [0.1, 0.15) is 11.6 Å². The molecule has 8 nitrogen and oxygen atoms in total. The molecular formula is C24H27N5O3. The first-order valence-corrected chi connectivity index (χ1v) is 10.5. The molecule has 2 heterocycles. The highest BCUT2D eigenvalue weighted by Gasteiger charge is 2.13. The molecule has 1 saturated heterocycles. The Balaban J connectivity index is 1.49. The van der Waals surface area contributed by atoms with Gasteiger partial charge in [0.15, 0.2) is 0 Å². The first kappa shape index (κ1) is 21.5. The van der Waals surface area contributed by atoms with Crippen molar-refractivity contribution in [2.45, 2.75) is 6.54 Å². The Kier molecular flexibility index (Phi) is 6.72. The molecule has 1 amide bonds. The van der Waals surface area contributed by atoms with Crippen molar-refractivity contribution in [1.82, 2.24) is 4.98 Å². The molecule has 0 radical (unpaired) electrons. The number of benzene rings is 2. The monoisotopic (exact) mass is 433 g/mol. The molecule has 1 aliphatic rings. The van der Waals surface area contributed by atoms with E-state index in [9.17, 15) is 4.79 Å². The van der Waals surface area contributed by atoms with Gasteiger partial charge in [0.25, 0.3) is 5.91 Å². The second-order valence-corrected chi connectivity index (χ2v) is 7.42. The number of primary amides is 1. The number of carbonyl (C=O) groups excluding carboxylic acids is 1. The van der Waals surface area contributed by atoms with Crippen LogP contribution in [-0.4, -0.2) is 44.3 Å². The Hall–Kier alpha value is -3.78. The maximum Gasteiger partial charge on any atom is 0.252 e. The van der Waals surface area contributed by atoms with Crippen LogP contribution in [0.3, 0.4) is 0 Å². The summed E-state index contributed by atoms with van der Waals surface area (Å²) < 4.78 is 10.8. The van der Waals surface area contributed by atoms with Gasteiger partial charge in [-0.25, -0.2) is 4.98 Å². The first-order chi connectivity index (χ1) is 15.6. The Bertz CT molecular complexity index is 1070. The number of pyridine rings is 1. The summed E-state index contributed by atoms with van der Waals surface area (Å²) >= 11 is 0. The maximum atomic E-state index is 11.9. The van der Waals surface area contributed by atoms with Crippen LogP contribution in [0.4, 0.5) is 22.9 Å². The quantitative estimate of drug-likeness (QED) is 0.501. The van der Waals surface area contributed by atoms with Crippen LogP contribution >= 0.6 is 0 Å². The van der Waals surface area contributed by atoms with Crippen LogP contribution in [0.25, 0.3) is 0 Å². The summed E-state index contributed by atoms with van der Waals surface area (Å²) in [5.74, 6) is 0.839. The van der Waals surface area contributed by atoms with E-state index < -0.39 is 5.91 Å². The van der Waals surface area contributed by atoms with Crippen LogP contribution in [0.5, 0.6) is 5.75 Å². The lowest BCUT2D eigenvalue weighted by molar-refractivity contribution is 0.100. The van der Waals surface area contributed by atoms with Crippen molar-refractivity contribution in [1.29, 1.82) is 0 Å². The number of hydrogen-bond acceptors (Lipinski definition) is 7. The summed E-state index contributed by atoms with van der Waals surface area (Å²) in [5, 5.41) is 6.57. The number of rotatable bonds is 8. The zero-order chi connectivity index (χ0) is 22.3. The zero-order valence-corrected chi connectivity index (χ0v) is 18.0. The van der Waals surface area contributed by atoms with E-state index in [1.54, 1.807) is 13.2 Å². The summed E-state index contributed by atoms with van der Waals surface area (Å²) in [6.07, 6.45) is 1.48. The molecular weight excluding hydrogens is 406 g/mol. The van der Waals surface area contributed by atoms with Gasteiger partial charge in [0, 0.05) is 48.8 Å². The molecule has 1 fully saturated rings. The van der Waals surface area contributed by atoms with Gasteiger partial charge in [-0.3, -0.25) is 4.79 Å². The minimum Gasteiger partial charge on any atom is -0.496 e. The van der Waals surface area contributed by atoms with Crippen molar-refractivity contribution in [2.24, 2.45) is 5.73 Å². The number of morpholine rings is 1.